The average molecular weight is 286 g/mol. The lowest BCUT2D eigenvalue weighted by Crippen LogP contribution is -2.55. The van der Waals surface area contributed by atoms with Crippen LogP contribution in [0.5, 0.6) is 0 Å². The summed E-state index contributed by atoms with van der Waals surface area (Å²) in [4.78, 5) is 27.9. The van der Waals surface area contributed by atoms with Crippen molar-refractivity contribution in [1.82, 2.24) is 10.3 Å². The highest BCUT2D eigenvalue weighted by Crippen LogP contribution is 2.20. The van der Waals surface area contributed by atoms with Crippen LogP contribution in [0.2, 0.25) is 0 Å². The average Bonchev–Trinajstić information content (AvgIpc) is 2.96. The van der Waals surface area contributed by atoms with E-state index < -0.39 is 17.4 Å². The van der Waals surface area contributed by atoms with Crippen molar-refractivity contribution in [3.63, 3.8) is 0 Å². The first-order valence-corrected chi connectivity index (χ1v) is 6.60. The molecule has 0 bridgehead atoms. The number of nitrogens with zero attached hydrogens (tertiary/aromatic N) is 1. The number of carboxylic acid groups (broad SMARTS) is 1. The molecule has 0 saturated carbocycles. The van der Waals surface area contributed by atoms with Crippen LogP contribution in [0.15, 0.2) is 36.4 Å². The number of carboxylic acids is 1. The number of hydrogen-bond donors (Lipinski definition) is 2. The first-order chi connectivity index (χ1) is 10.1. The smallest absolute Gasteiger partial charge is 0.331 e. The fourth-order valence-corrected chi connectivity index (χ4v) is 2.36. The fraction of sp³-hybridized carbons (Fsp3) is 0.267. The van der Waals surface area contributed by atoms with Gasteiger partial charge in [-0.15, -0.1) is 0 Å². The minimum Gasteiger partial charge on any atom is -0.479 e. The summed E-state index contributed by atoms with van der Waals surface area (Å²) < 4.78 is 5.11. The number of amides is 1. The Balaban J connectivity index is 1.88. The van der Waals surface area contributed by atoms with Crippen molar-refractivity contribution in [2.24, 2.45) is 0 Å². The number of aliphatic carboxylic acids is 1. The zero-order chi connectivity index (χ0) is 14.9. The highest BCUT2D eigenvalue weighted by Gasteiger charge is 2.44. The Hall–Kier alpha value is -2.47. The molecule has 0 aliphatic carbocycles. The molecule has 1 aliphatic heterocycles. The van der Waals surface area contributed by atoms with E-state index in [1.165, 1.54) is 0 Å². The maximum atomic E-state index is 12.3. The van der Waals surface area contributed by atoms with Gasteiger partial charge in [0.05, 0.1) is 12.1 Å². The molecule has 6 nitrogen and oxygen atoms in total. The molecule has 108 valence electrons. The summed E-state index contributed by atoms with van der Waals surface area (Å²) >= 11 is 0. The van der Waals surface area contributed by atoms with Crippen LogP contribution in [0.4, 0.5) is 0 Å². The second-order valence-corrected chi connectivity index (χ2v) is 5.03. The molecular formula is C15H14N2O4. The topological polar surface area (TPSA) is 88.5 Å². The van der Waals surface area contributed by atoms with Crippen LogP contribution in [0.25, 0.3) is 10.9 Å². The van der Waals surface area contributed by atoms with Gasteiger partial charge in [0.15, 0.2) is 5.54 Å². The summed E-state index contributed by atoms with van der Waals surface area (Å²) in [6.45, 7) is 0.291. The number of carbonyl (C=O) groups excluding carboxylic acids is 1. The third-order valence-electron chi connectivity index (χ3n) is 3.61. The lowest BCUT2D eigenvalue weighted by Gasteiger charge is -2.23. The summed E-state index contributed by atoms with van der Waals surface area (Å²) in [5.74, 6) is -1.59. The van der Waals surface area contributed by atoms with Gasteiger partial charge in [0, 0.05) is 18.4 Å². The van der Waals surface area contributed by atoms with Gasteiger partial charge in [0.1, 0.15) is 5.69 Å². The lowest BCUT2D eigenvalue weighted by molar-refractivity contribution is -0.144. The predicted molar refractivity (Wildman–Crippen MR) is 75.0 cm³/mol. The number of rotatable bonds is 3. The van der Waals surface area contributed by atoms with Crippen molar-refractivity contribution in [3.8, 4) is 0 Å². The molecule has 1 aliphatic rings. The van der Waals surface area contributed by atoms with E-state index in [1.54, 1.807) is 18.2 Å². The van der Waals surface area contributed by atoms with E-state index in [4.69, 9.17) is 4.74 Å². The molecule has 1 aromatic carbocycles. The Labute approximate surface area is 120 Å². The quantitative estimate of drug-likeness (QED) is 0.885. The molecule has 1 atom stereocenters. The van der Waals surface area contributed by atoms with E-state index >= 15 is 0 Å². The van der Waals surface area contributed by atoms with E-state index in [1.807, 2.05) is 18.2 Å². The molecule has 0 spiro atoms. The van der Waals surface area contributed by atoms with Gasteiger partial charge >= 0.3 is 5.97 Å². The Morgan fingerprint density at radius 2 is 2.05 bits per heavy atom. The van der Waals surface area contributed by atoms with Crippen LogP contribution in [0, 0.1) is 0 Å². The molecule has 1 amide bonds. The Morgan fingerprint density at radius 1 is 1.24 bits per heavy atom. The molecule has 6 heteroatoms. The summed E-state index contributed by atoms with van der Waals surface area (Å²) in [5, 5.41) is 12.8. The standard InChI is InChI=1S/C15H14N2O4/c18-13(17-15(14(19)20)7-8-21-9-15)12-6-5-10-3-1-2-4-11(10)16-12/h1-6H,7-9H2,(H,17,18)(H,19,20). The van der Waals surface area contributed by atoms with Gasteiger partial charge in [-0.05, 0) is 12.1 Å². The molecule has 3 rings (SSSR count). The first-order valence-electron chi connectivity index (χ1n) is 6.60. The van der Waals surface area contributed by atoms with Crippen LogP contribution >= 0.6 is 0 Å². The third kappa shape index (κ3) is 2.45. The van der Waals surface area contributed by atoms with Gasteiger partial charge in [-0.25, -0.2) is 9.78 Å². The second kappa shape index (κ2) is 5.14. The minimum atomic E-state index is -1.36. The van der Waals surface area contributed by atoms with E-state index in [9.17, 15) is 14.7 Å². The van der Waals surface area contributed by atoms with Crippen molar-refractivity contribution in [2.75, 3.05) is 13.2 Å². The highest BCUT2D eigenvalue weighted by atomic mass is 16.5. The molecule has 1 aromatic heterocycles. The second-order valence-electron chi connectivity index (χ2n) is 5.03. The van der Waals surface area contributed by atoms with Gasteiger partial charge in [-0.2, -0.15) is 0 Å². The van der Waals surface area contributed by atoms with Gasteiger partial charge in [-0.1, -0.05) is 24.3 Å². The molecule has 1 saturated heterocycles. The molecular weight excluding hydrogens is 272 g/mol. The van der Waals surface area contributed by atoms with Crippen molar-refractivity contribution in [2.45, 2.75) is 12.0 Å². The number of para-hydroxylation sites is 1. The number of fused-ring (bicyclic) bond motifs is 1. The largest absolute Gasteiger partial charge is 0.479 e. The van der Waals surface area contributed by atoms with Crippen molar-refractivity contribution in [3.05, 3.63) is 42.1 Å². The highest BCUT2D eigenvalue weighted by molar-refractivity contribution is 5.98. The Kier molecular flexibility index (Phi) is 3.31. The number of pyridine rings is 1. The fourth-order valence-electron chi connectivity index (χ4n) is 2.36. The number of carbonyl (C=O) groups is 2. The molecule has 2 N–H and O–H groups in total. The first kappa shape index (κ1) is 13.5. The zero-order valence-corrected chi connectivity index (χ0v) is 11.2. The van der Waals surface area contributed by atoms with E-state index in [0.29, 0.717) is 12.1 Å². The van der Waals surface area contributed by atoms with Crippen LogP contribution < -0.4 is 5.32 Å². The number of benzene rings is 1. The minimum absolute atomic E-state index is 0.0261. The van der Waals surface area contributed by atoms with Crippen LogP contribution in [-0.4, -0.2) is 40.7 Å². The monoisotopic (exact) mass is 286 g/mol. The SMILES string of the molecule is O=C(NC1(C(=O)O)CCOC1)c1ccc2ccccc2n1. The normalized spacial score (nSPS) is 21.3. The number of ether oxygens (including phenoxy) is 1. The van der Waals surface area contributed by atoms with Gasteiger partial charge in [-0.3, -0.25) is 4.79 Å². The molecule has 2 heterocycles. The number of nitrogens with one attached hydrogen (secondary N) is 1. The molecule has 0 radical (unpaired) electrons. The summed E-state index contributed by atoms with van der Waals surface area (Å²) in [7, 11) is 0. The number of aromatic nitrogens is 1. The van der Waals surface area contributed by atoms with Crippen LogP contribution in [0.3, 0.4) is 0 Å². The maximum Gasteiger partial charge on any atom is 0.331 e. The zero-order valence-electron chi connectivity index (χ0n) is 11.2. The maximum absolute atomic E-state index is 12.3. The molecule has 21 heavy (non-hydrogen) atoms. The Morgan fingerprint density at radius 3 is 2.76 bits per heavy atom. The van der Waals surface area contributed by atoms with Gasteiger partial charge in [0.25, 0.3) is 5.91 Å². The third-order valence-corrected chi connectivity index (χ3v) is 3.61. The van der Waals surface area contributed by atoms with Crippen LogP contribution in [0.1, 0.15) is 16.9 Å². The molecule has 1 unspecified atom stereocenters. The van der Waals surface area contributed by atoms with Crippen molar-refractivity contribution >= 4 is 22.8 Å². The summed E-state index contributed by atoms with van der Waals surface area (Å²) in [6.07, 6.45) is 0.252. The van der Waals surface area contributed by atoms with Crippen molar-refractivity contribution < 1.29 is 19.4 Å². The van der Waals surface area contributed by atoms with Crippen LogP contribution in [-0.2, 0) is 9.53 Å². The van der Waals surface area contributed by atoms with Gasteiger partial charge in [0.2, 0.25) is 0 Å². The van der Waals surface area contributed by atoms with Gasteiger partial charge < -0.3 is 15.2 Å². The Bertz CT molecular complexity index is 708. The molecule has 2 aromatic rings. The van der Waals surface area contributed by atoms with E-state index in [0.717, 1.165) is 5.39 Å². The number of hydrogen-bond acceptors (Lipinski definition) is 4. The lowest BCUT2D eigenvalue weighted by atomic mass is 9.99. The van der Waals surface area contributed by atoms with E-state index in [2.05, 4.69) is 10.3 Å². The summed E-state index contributed by atoms with van der Waals surface area (Å²) in [5.41, 5.74) is -0.469. The predicted octanol–water partition coefficient (Wildman–Crippen LogP) is 1.21. The van der Waals surface area contributed by atoms with E-state index in [-0.39, 0.29) is 18.7 Å². The summed E-state index contributed by atoms with van der Waals surface area (Å²) in [6, 6.07) is 10.8. The molecule has 1 fully saturated rings. The van der Waals surface area contributed by atoms with Crippen molar-refractivity contribution in [1.29, 1.82) is 0 Å².